The molecule has 2 fully saturated rings. The minimum Gasteiger partial charge on any atom is -0.481 e. The number of carboxylic acid groups (broad SMARTS) is 1. The van der Waals surface area contributed by atoms with Crippen molar-refractivity contribution in [1.82, 2.24) is 0 Å². The standard InChI is InChI=1S/C13H23NO2/c14-11-6-8-13(9-7-11,12(15)16)10-4-2-1-3-5-10/h10-11H,1-9,14H2,(H,15,16). The van der Waals surface area contributed by atoms with Gasteiger partial charge in [0.15, 0.2) is 0 Å². The Balaban J connectivity index is 2.11. The van der Waals surface area contributed by atoms with Gasteiger partial charge < -0.3 is 10.8 Å². The molecule has 2 saturated carbocycles. The minimum atomic E-state index is -0.564. The molecule has 3 nitrogen and oxygen atoms in total. The van der Waals surface area contributed by atoms with Gasteiger partial charge in [0.2, 0.25) is 0 Å². The second kappa shape index (κ2) is 4.74. The molecule has 16 heavy (non-hydrogen) atoms. The highest BCUT2D eigenvalue weighted by Crippen LogP contribution is 2.48. The molecule has 92 valence electrons. The number of hydrogen-bond acceptors (Lipinski definition) is 2. The Morgan fingerprint density at radius 1 is 1.06 bits per heavy atom. The number of carbonyl (C=O) groups is 1. The third kappa shape index (κ3) is 2.10. The highest BCUT2D eigenvalue weighted by Gasteiger charge is 2.47. The Bertz CT molecular complexity index is 251. The van der Waals surface area contributed by atoms with Crippen molar-refractivity contribution in [3.63, 3.8) is 0 Å². The Hall–Kier alpha value is -0.570. The van der Waals surface area contributed by atoms with Crippen LogP contribution in [0.4, 0.5) is 0 Å². The van der Waals surface area contributed by atoms with E-state index in [1.54, 1.807) is 0 Å². The molecule has 0 aliphatic heterocycles. The van der Waals surface area contributed by atoms with Gasteiger partial charge in [-0.2, -0.15) is 0 Å². The molecule has 2 rings (SSSR count). The van der Waals surface area contributed by atoms with Gasteiger partial charge in [-0.1, -0.05) is 19.3 Å². The molecule has 3 heteroatoms. The van der Waals surface area contributed by atoms with E-state index in [-0.39, 0.29) is 6.04 Å². The second-order valence-electron chi connectivity index (χ2n) is 5.63. The average molecular weight is 225 g/mol. The summed E-state index contributed by atoms with van der Waals surface area (Å²) in [6.07, 6.45) is 9.32. The molecule has 0 spiro atoms. The molecule has 0 aromatic heterocycles. The van der Waals surface area contributed by atoms with Crippen LogP contribution in [0.1, 0.15) is 57.8 Å². The average Bonchev–Trinajstić information content (AvgIpc) is 2.31. The fourth-order valence-corrected chi connectivity index (χ4v) is 3.61. The van der Waals surface area contributed by atoms with Crippen LogP contribution in [-0.4, -0.2) is 17.1 Å². The molecule has 0 atom stereocenters. The summed E-state index contributed by atoms with van der Waals surface area (Å²) in [6.45, 7) is 0. The topological polar surface area (TPSA) is 63.3 Å². The lowest BCUT2D eigenvalue weighted by Crippen LogP contribution is -2.45. The van der Waals surface area contributed by atoms with Gasteiger partial charge in [-0.25, -0.2) is 0 Å². The zero-order valence-electron chi connectivity index (χ0n) is 9.95. The van der Waals surface area contributed by atoms with E-state index in [0.29, 0.717) is 5.92 Å². The Labute approximate surface area is 97.4 Å². The lowest BCUT2D eigenvalue weighted by molar-refractivity contribution is -0.156. The van der Waals surface area contributed by atoms with Crippen molar-refractivity contribution < 1.29 is 9.90 Å². The van der Waals surface area contributed by atoms with Crippen molar-refractivity contribution in [2.24, 2.45) is 17.1 Å². The maximum Gasteiger partial charge on any atom is 0.309 e. The van der Waals surface area contributed by atoms with Crippen LogP contribution in [0.3, 0.4) is 0 Å². The predicted molar refractivity (Wildman–Crippen MR) is 63.1 cm³/mol. The van der Waals surface area contributed by atoms with E-state index in [1.807, 2.05) is 0 Å². The van der Waals surface area contributed by atoms with Crippen LogP contribution < -0.4 is 5.73 Å². The molecule has 3 N–H and O–H groups in total. The normalized spacial score (nSPS) is 37.2. The fraction of sp³-hybridized carbons (Fsp3) is 0.923. The van der Waals surface area contributed by atoms with Crippen molar-refractivity contribution in [1.29, 1.82) is 0 Å². The van der Waals surface area contributed by atoms with E-state index >= 15 is 0 Å². The van der Waals surface area contributed by atoms with Gasteiger partial charge in [0, 0.05) is 6.04 Å². The number of aliphatic carboxylic acids is 1. The smallest absolute Gasteiger partial charge is 0.309 e. The molecule has 2 aliphatic carbocycles. The van der Waals surface area contributed by atoms with Crippen molar-refractivity contribution >= 4 is 5.97 Å². The molecule has 0 aromatic carbocycles. The largest absolute Gasteiger partial charge is 0.481 e. The molecule has 0 bridgehead atoms. The van der Waals surface area contributed by atoms with Crippen LogP contribution in [-0.2, 0) is 4.79 Å². The van der Waals surface area contributed by atoms with Gasteiger partial charge in [-0.05, 0) is 44.4 Å². The molecule has 2 aliphatic rings. The number of rotatable bonds is 2. The summed E-state index contributed by atoms with van der Waals surface area (Å²) in [7, 11) is 0. The van der Waals surface area contributed by atoms with Gasteiger partial charge in [0.25, 0.3) is 0 Å². The molecule has 0 unspecified atom stereocenters. The van der Waals surface area contributed by atoms with Gasteiger partial charge in [0.1, 0.15) is 0 Å². The second-order valence-corrected chi connectivity index (χ2v) is 5.63. The molecular formula is C13H23NO2. The van der Waals surface area contributed by atoms with Gasteiger partial charge in [0.05, 0.1) is 5.41 Å². The minimum absolute atomic E-state index is 0.232. The zero-order valence-corrected chi connectivity index (χ0v) is 9.95. The maximum atomic E-state index is 11.6. The third-order valence-corrected chi connectivity index (χ3v) is 4.74. The highest BCUT2D eigenvalue weighted by atomic mass is 16.4. The van der Waals surface area contributed by atoms with Crippen LogP contribution >= 0.6 is 0 Å². The quantitative estimate of drug-likeness (QED) is 0.759. The molecular weight excluding hydrogens is 202 g/mol. The number of hydrogen-bond donors (Lipinski definition) is 2. The fourth-order valence-electron chi connectivity index (χ4n) is 3.61. The monoisotopic (exact) mass is 225 g/mol. The summed E-state index contributed by atoms with van der Waals surface area (Å²) in [4.78, 5) is 11.6. The van der Waals surface area contributed by atoms with Crippen LogP contribution in [0.5, 0.6) is 0 Å². The number of nitrogens with two attached hydrogens (primary N) is 1. The zero-order chi connectivity index (χ0) is 11.6. The first-order valence-corrected chi connectivity index (χ1v) is 6.64. The van der Waals surface area contributed by atoms with E-state index in [4.69, 9.17) is 5.73 Å². The number of carboxylic acids is 1. The Kier molecular flexibility index (Phi) is 3.53. The summed E-state index contributed by atoms with van der Waals surface area (Å²) < 4.78 is 0. The first-order chi connectivity index (χ1) is 7.65. The summed E-state index contributed by atoms with van der Waals surface area (Å²) >= 11 is 0. The van der Waals surface area contributed by atoms with Gasteiger partial charge >= 0.3 is 5.97 Å². The van der Waals surface area contributed by atoms with Crippen molar-refractivity contribution in [3.05, 3.63) is 0 Å². The molecule has 0 radical (unpaired) electrons. The van der Waals surface area contributed by atoms with Crippen molar-refractivity contribution in [3.8, 4) is 0 Å². The lowest BCUT2D eigenvalue weighted by Gasteiger charge is -2.43. The summed E-state index contributed by atoms with van der Waals surface area (Å²) in [5.74, 6) is -0.155. The van der Waals surface area contributed by atoms with E-state index in [2.05, 4.69) is 0 Å². The van der Waals surface area contributed by atoms with Crippen LogP contribution in [0.15, 0.2) is 0 Å². The van der Waals surface area contributed by atoms with E-state index in [0.717, 1.165) is 38.5 Å². The van der Waals surface area contributed by atoms with E-state index in [9.17, 15) is 9.90 Å². The Morgan fingerprint density at radius 3 is 2.12 bits per heavy atom. The molecule has 0 saturated heterocycles. The van der Waals surface area contributed by atoms with E-state index in [1.165, 1.54) is 19.3 Å². The van der Waals surface area contributed by atoms with Crippen LogP contribution in [0, 0.1) is 11.3 Å². The molecule has 0 amide bonds. The molecule has 0 heterocycles. The first-order valence-electron chi connectivity index (χ1n) is 6.64. The maximum absolute atomic E-state index is 11.6. The van der Waals surface area contributed by atoms with Gasteiger partial charge in [-0.15, -0.1) is 0 Å². The predicted octanol–water partition coefficient (Wildman–Crippen LogP) is 2.54. The summed E-state index contributed by atoms with van der Waals surface area (Å²) in [5, 5.41) is 9.59. The van der Waals surface area contributed by atoms with Crippen LogP contribution in [0.2, 0.25) is 0 Å². The third-order valence-electron chi connectivity index (χ3n) is 4.74. The molecule has 0 aromatic rings. The summed E-state index contributed by atoms with van der Waals surface area (Å²) in [5.41, 5.74) is 5.46. The first kappa shape index (κ1) is 11.9. The Morgan fingerprint density at radius 2 is 1.62 bits per heavy atom. The van der Waals surface area contributed by atoms with Crippen molar-refractivity contribution in [2.75, 3.05) is 0 Å². The summed E-state index contributed by atoms with van der Waals surface area (Å²) in [6, 6.07) is 0.232. The van der Waals surface area contributed by atoms with E-state index < -0.39 is 11.4 Å². The SMILES string of the molecule is NC1CCC(C(=O)O)(C2CCCCC2)CC1. The van der Waals surface area contributed by atoms with Crippen molar-refractivity contribution in [2.45, 2.75) is 63.8 Å². The van der Waals surface area contributed by atoms with Crippen LogP contribution in [0.25, 0.3) is 0 Å². The van der Waals surface area contributed by atoms with Gasteiger partial charge in [-0.3, -0.25) is 4.79 Å². The highest BCUT2D eigenvalue weighted by molar-refractivity contribution is 5.75. The lowest BCUT2D eigenvalue weighted by atomic mass is 9.61.